The molecule has 5 nitrogen and oxygen atoms in total. The van der Waals surface area contributed by atoms with Gasteiger partial charge >= 0.3 is 0 Å². The minimum Gasteiger partial charge on any atom is -0.361 e. The summed E-state index contributed by atoms with van der Waals surface area (Å²) in [5, 5.41) is 6.52. The standard InChI is InChI=1S/C18H17N5S/c1-11(2)16-7-14-17(20-10-21-18(14)24-16)23-22-9-12-8-19-15-6-4-3-5-13(12)15/h3-11,19H,1-2H3,(H,20,21,23). The van der Waals surface area contributed by atoms with Gasteiger partial charge in [-0.2, -0.15) is 5.10 Å². The Morgan fingerprint density at radius 2 is 2.08 bits per heavy atom. The van der Waals surface area contributed by atoms with E-state index in [0.29, 0.717) is 5.92 Å². The molecule has 0 saturated heterocycles. The molecular weight excluding hydrogens is 318 g/mol. The van der Waals surface area contributed by atoms with Crippen LogP contribution < -0.4 is 5.43 Å². The van der Waals surface area contributed by atoms with Crippen molar-refractivity contribution in [3.05, 3.63) is 53.3 Å². The maximum Gasteiger partial charge on any atom is 0.158 e. The molecule has 120 valence electrons. The van der Waals surface area contributed by atoms with Gasteiger partial charge in [0.15, 0.2) is 5.82 Å². The van der Waals surface area contributed by atoms with Crippen LogP contribution in [-0.2, 0) is 0 Å². The molecule has 0 bridgehead atoms. The maximum atomic E-state index is 4.36. The van der Waals surface area contributed by atoms with Crippen LogP contribution in [0.15, 0.2) is 48.0 Å². The molecule has 24 heavy (non-hydrogen) atoms. The van der Waals surface area contributed by atoms with Crippen LogP contribution in [0.1, 0.15) is 30.2 Å². The van der Waals surface area contributed by atoms with E-state index in [1.165, 1.54) is 4.88 Å². The van der Waals surface area contributed by atoms with Crippen molar-refractivity contribution in [3.8, 4) is 0 Å². The van der Waals surface area contributed by atoms with Crippen molar-refractivity contribution < 1.29 is 0 Å². The number of hydrogen-bond donors (Lipinski definition) is 2. The van der Waals surface area contributed by atoms with Crippen molar-refractivity contribution in [2.24, 2.45) is 5.10 Å². The summed E-state index contributed by atoms with van der Waals surface area (Å²) >= 11 is 1.70. The lowest BCUT2D eigenvalue weighted by Crippen LogP contribution is -1.94. The van der Waals surface area contributed by atoms with E-state index < -0.39 is 0 Å². The number of hydrogen-bond acceptors (Lipinski definition) is 5. The zero-order chi connectivity index (χ0) is 16.5. The Hall–Kier alpha value is -2.73. The molecule has 4 aromatic rings. The molecule has 0 fully saturated rings. The number of anilines is 1. The monoisotopic (exact) mass is 335 g/mol. The number of H-pyrrole nitrogens is 1. The second-order valence-corrected chi connectivity index (χ2v) is 6.97. The summed E-state index contributed by atoms with van der Waals surface area (Å²) in [5.41, 5.74) is 5.19. The third-order valence-corrected chi connectivity index (χ3v) is 5.26. The minimum absolute atomic E-state index is 0.478. The first-order chi connectivity index (χ1) is 11.7. The summed E-state index contributed by atoms with van der Waals surface area (Å²) < 4.78 is 0. The van der Waals surface area contributed by atoms with Crippen LogP contribution in [-0.4, -0.2) is 21.2 Å². The van der Waals surface area contributed by atoms with Crippen molar-refractivity contribution in [3.63, 3.8) is 0 Å². The average molecular weight is 335 g/mol. The summed E-state index contributed by atoms with van der Waals surface area (Å²) in [5.74, 6) is 1.21. The van der Waals surface area contributed by atoms with E-state index in [0.717, 1.165) is 32.5 Å². The molecule has 6 heteroatoms. The Bertz CT molecular complexity index is 1030. The summed E-state index contributed by atoms with van der Waals surface area (Å²) in [6, 6.07) is 10.3. The van der Waals surface area contributed by atoms with Crippen LogP contribution in [0.4, 0.5) is 5.82 Å². The molecule has 2 N–H and O–H groups in total. The van der Waals surface area contributed by atoms with Crippen molar-refractivity contribution in [1.82, 2.24) is 15.0 Å². The summed E-state index contributed by atoms with van der Waals surface area (Å²) in [7, 11) is 0. The van der Waals surface area contributed by atoms with Crippen molar-refractivity contribution in [2.75, 3.05) is 5.43 Å². The number of fused-ring (bicyclic) bond motifs is 2. The molecule has 0 atom stereocenters. The molecule has 4 rings (SSSR count). The van der Waals surface area contributed by atoms with Crippen LogP contribution in [0.5, 0.6) is 0 Å². The van der Waals surface area contributed by atoms with Crippen molar-refractivity contribution in [1.29, 1.82) is 0 Å². The normalized spacial score (nSPS) is 12.0. The second kappa shape index (κ2) is 6.05. The molecule has 3 heterocycles. The average Bonchev–Trinajstić information content (AvgIpc) is 3.20. The molecule has 0 aliphatic heterocycles. The van der Waals surface area contributed by atoms with Gasteiger partial charge in [-0.1, -0.05) is 32.0 Å². The van der Waals surface area contributed by atoms with Gasteiger partial charge in [-0.25, -0.2) is 9.97 Å². The third-order valence-electron chi connectivity index (χ3n) is 3.91. The largest absolute Gasteiger partial charge is 0.361 e. The van der Waals surface area contributed by atoms with E-state index in [4.69, 9.17) is 0 Å². The number of nitrogens with zero attached hydrogens (tertiary/aromatic N) is 3. The molecule has 0 saturated carbocycles. The topological polar surface area (TPSA) is 66.0 Å². The van der Waals surface area contributed by atoms with Gasteiger partial charge in [0.05, 0.1) is 11.6 Å². The number of benzene rings is 1. The summed E-state index contributed by atoms with van der Waals surface area (Å²) in [6.45, 7) is 4.36. The van der Waals surface area contributed by atoms with E-state index in [-0.39, 0.29) is 0 Å². The highest BCUT2D eigenvalue weighted by Crippen LogP contribution is 2.32. The van der Waals surface area contributed by atoms with Crippen LogP contribution in [0, 0.1) is 0 Å². The first kappa shape index (κ1) is 14.8. The number of thiophene rings is 1. The van der Waals surface area contributed by atoms with Gasteiger partial charge in [0.2, 0.25) is 0 Å². The van der Waals surface area contributed by atoms with E-state index in [2.05, 4.69) is 51.5 Å². The number of nitrogens with one attached hydrogen (secondary N) is 2. The lowest BCUT2D eigenvalue weighted by atomic mass is 10.2. The van der Waals surface area contributed by atoms with Crippen LogP contribution in [0.3, 0.4) is 0 Å². The van der Waals surface area contributed by atoms with Gasteiger partial charge in [-0.15, -0.1) is 11.3 Å². The number of aromatic nitrogens is 3. The fraction of sp³-hybridized carbons (Fsp3) is 0.167. The highest BCUT2D eigenvalue weighted by atomic mass is 32.1. The van der Waals surface area contributed by atoms with Gasteiger partial charge in [0, 0.05) is 27.5 Å². The first-order valence-electron chi connectivity index (χ1n) is 7.82. The number of para-hydroxylation sites is 1. The third kappa shape index (κ3) is 2.65. The predicted octanol–water partition coefficient (Wildman–Crippen LogP) is 4.74. The lowest BCUT2D eigenvalue weighted by molar-refractivity contribution is 0.890. The molecular formula is C18H17N5S. The molecule has 0 aliphatic carbocycles. The van der Waals surface area contributed by atoms with Gasteiger partial charge < -0.3 is 4.98 Å². The van der Waals surface area contributed by atoms with E-state index in [1.807, 2.05) is 30.6 Å². The highest BCUT2D eigenvalue weighted by Gasteiger charge is 2.10. The van der Waals surface area contributed by atoms with E-state index in [9.17, 15) is 0 Å². The van der Waals surface area contributed by atoms with Gasteiger partial charge in [0.1, 0.15) is 11.2 Å². The summed E-state index contributed by atoms with van der Waals surface area (Å²) in [6.07, 6.45) is 5.34. The Morgan fingerprint density at radius 1 is 1.21 bits per heavy atom. The zero-order valence-electron chi connectivity index (χ0n) is 13.4. The molecule has 0 radical (unpaired) electrons. The van der Waals surface area contributed by atoms with Gasteiger partial charge in [0.25, 0.3) is 0 Å². The van der Waals surface area contributed by atoms with Crippen LogP contribution in [0.2, 0.25) is 0 Å². The molecule has 0 aliphatic rings. The Kier molecular flexibility index (Phi) is 3.74. The van der Waals surface area contributed by atoms with E-state index in [1.54, 1.807) is 17.7 Å². The molecule has 0 amide bonds. The highest BCUT2D eigenvalue weighted by molar-refractivity contribution is 7.18. The first-order valence-corrected chi connectivity index (χ1v) is 8.63. The number of aromatic amines is 1. The number of rotatable bonds is 4. The maximum absolute atomic E-state index is 4.36. The molecule has 0 unspecified atom stereocenters. The van der Waals surface area contributed by atoms with Gasteiger partial charge in [-0.05, 0) is 18.1 Å². The Morgan fingerprint density at radius 3 is 2.96 bits per heavy atom. The lowest BCUT2D eigenvalue weighted by Gasteiger charge is -1.99. The molecule has 1 aromatic carbocycles. The Balaban J connectivity index is 1.62. The van der Waals surface area contributed by atoms with Crippen molar-refractivity contribution >= 4 is 44.5 Å². The summed E-state index contributed by atoms with van der Waals surface area (Å²) in [4.78, 5) is 14.2. The van der Waals surface area contributed by atoms with Crippen LogP contribution >= 0.6 is 11.3 Å². The van der Waals surface area contributed by atoms with Crippen LogP contribution in [0.25, 0.3) is 21.1 Å². The number of hydrazone groups is 1. The predicted molar refractivity (Wildman–Crippen MR) is 101 cm³/mol. The smallest absolute Gasteiger partial charge is 0.158 e. The van der Waals surface area contributed by atoms with E-state index >= 15 is 0 Å². The molecule has 3 aromatic heterocycles. The van der Waals surface area contributed by atoms with Gasteiger partial charge in [-0.3, -0.25) is 5.43 Å². The fourth-order valence-electron chi connectivity index (χ4n) is 2.61. The minimum atomic E-state index is 0.478. The second-order valence-electron chi connectivity index (χ2n) is 5.90. The fourth-order valence-corrected chi connectivity index (χ4v) is 3.61. The SMILES string of the molecule is CC(C)c1cc2c(NN=Cc3c[nH]c4ccccc34)ncnc2s1. The van der Waals surface area contributed by atoms with Crippen molar-refractivity contribution in [2.45, 2.75) is 19.8 Å². The quantitative estimate of drug-likeness (QED) is 0.418. The zero-order valence-corrected chi connectivity index (χ0v) is 14.3. The molecule has 0 spiro atoms. The Labute approximate surface area is 143 Å².